The Morgan fingerprint density at radius 2 is 1.76 bits per heavy atom. The molecular weight excluding hydrogens is 414 g/mol. The molecule has 1 aliphatic rings. The number of aryl methyl sites for hydroxylation is 2. The van der Waals surface area contributed by atoms with Gasteiger partial charge in [-0.1, -0.05) is 59.8 Å². The van der Waals surface area contributed by atoms with Gasteiger partial charge in [0.1, 0.15) is 18.1 Å². The van der Waals surface area contributed by atoms with Crippen molar-refractivity contribution in [2.45, 2.75) is 26.9 Å². The van der Waals surface area contributed by atoms with Crippen molar-refractivity contribution in [2.24, 2.45) is 0 Å². The molecule has 2 aromatic carbocycles. The van der Waals surface area contributed by atoms with E-state index in [9.17, 15) is 4.79 Å². The van der Waals surface area contributed by atoms with Crippen LogP contribution in [0.15, 0.2) is 65.2 Å². The summed E-state index contributed by atoms with van der Waals surface area (Å²) in [5.41, 5.74) is 4.04. The van der Waals surface area contributed by atoms with Gasteiger partial charge in [-0.25, -0.2) is 0 Å². The molecule has 0 spiro atoms. The van der Waals surface area contributed by atoms with Gasteiger partial charge in [-0.05, 0) is 37.1 Å². The highest BCUT2D eigenvalue weighted by Gasteiger charge is 2.20. The molecular formula is C27H31N3O3. The number of hydrogen-bond donors (Lipinski definition) is 0. The van der Waals surface area contributed by atoms with Crippen LogP contribution in [0.5, 0.6) is 5.75 Å². The lowest BCUT2D eigenvalue weighted by Gasteiger charge is -2.34. The number of benzene rings is 2. The van der Waals surface area contributed by atoms with E-state index in [0.717, 1.165) is 61.1 Å². The van der Waals surface area contributed by atoms with E-state index in [1.807, 2.05) is 61.2 Å². The van der Waals surface area contributed by atoms with E-state index in [-0.39, 0.29) is 5.91 Å². The summed E-state index contributed by atoms with van der Waals surface area (Å²) in [6.07, 6.45) is 4.76. The Hall–Kier alpha value is -3.38. The van der Waals surface area contributed by atoms with Gasteiger partial charge in [0.15, 0.2) is 0 Å². The summed E-state index contributed by atoms with van der Waals surface area (Å²) < 4.78 is 11.0. The van der Waals surface area contributed by atoms with Crippen molar-refractivity contribution in [3.8, 4) is 5.75 Å². The van der Waals surface area contributed by atoms with E-state index < -0.39 is 0 Å². The molecule has 1 saturated heterocycles. The maximum atomic E-state index is 12.8. The number of nitrogens with zero attached hydrogens (tertiary/aromatic N) is 3. The summed E-state index contributed by atoms with van der Waals surface area (Å²) >= 11 is 0. The van der Waals surface area contributed by atoms with Gasteiger partial charge in [0.25, 0.3) is 0 Å². The van der Waals surface area contributed by atoms with E-state index in [2.05, 4.69) is 34.3 Å². The minimum Gasteiger partial charge on any atom is -0.489 e. The van der Waals surface area contributed by atoms with E-state index >= 15 is 0 Å². The second kappa shape index (κ2) is 11.0. The molecule has 4 rings (SSSR count). The smallest absolute Gasteiger partial charge is 0.227 e. The minimum absolute atomic E-state index is 0.180. The van der Waals surface area contributed by atoms with Crippen molar-refractivity contribution in [1.29, 1.82) is 0 Å². The first-order valence-corrected chi connectivity index (χ1v) is 11.4. The number of rotatable bonds is 8. The zero-order valence-corrected chi connectivity index (χ0v) is 19.4. The molecule has 3 aromatic rings. The Morgan fingerprint density at radius 3 is 2.42 bits per heavy atom. The zero-order valence-electron chi connectivity index (χ0n) is 19.4. The van der Waals surface area contributed by atoms with Crippen molar-refractivity contribution in [1.82, 2.24) is 15.0 Å². The third-order valence-electron chi connectivity index (χ3n) is 6.04. The SMILES string of the molecule is Cc1noc(C)c1COc1ccc(CC(=O)N2CCN(CC=Cc3ccccc3)CC2)cc1. The van der Waals surface area contributed by atoms with Crippen LogP contribution >= 0.6 is 0 Å². The lowest BCUT2D eigenvalue weighted by atomic mass is 10.1. The number of carbonyl (C=O) groups excluding carboxylic acids is 1. The molecule has 1 amide bonds. The maximum Gasteiger partial charge on any atom is 0.227 e. The summed E-state index contributed by atoms with van der Waals surface area (Å²) in [7, 11) is 0. The molecule has 0 N–H and O–H groups in total. The topological polar surface area (TPSA) is 58.8 Å². The minimum atomic E-state index is 0.180. The Bertz CT molecular complexity index is 1050. The molecule has 1 aliphatic heterocycles. The predicted octanol–water partition coefficient (Wildman–Crippen LogP) is 4.27. The number of carbonyl (C=O) groups is 1. The molecule has 6 nitrogen and oxygen atoms in total. The van der Waals surface area contributed by atoms with Crippen LogP contribution in [-0.2, 0) is 17.8 Å². The van der Waals surface area contributed by atoms with Crippen molar-refractivity contribution in [2.75, 3.05) is 32.7 Å². The number of piperazine rings is 1. The summed E-state index contributed by atoms with van der Waals surface area (Å²) in [5, 5.41) is 3.95. The van der Waals surface area contributed by atoms with Crippen molar-refractivity contribution < 1.29 is 14.1 Å². The average Bonchev–Trinajstić information content (AvgIpc) is 3.17. The van der Waals surface area contributed by atoms with E-state index in [1.54, 1.807) is 0 Å². The average molecular weight is 446 g/mol. The van der Waals surface area contributed by atoms with Gasteiger partial charge >= 0.3 is 0 Å². The fourth-order valence-electron chi connectivity index (χ4n) is 3.94. The lowest BCUT2D eigenvalue weighted by molar-refractivity contribution is -0.132. The van der Waals surface area contributed by atoms with Gasteiger partial charge < -0.3 is 14.2 Å². The lowest BCUT2D eigenvalue weighted by Crippen LogP contribution is -2.49. The number of amides is 1. The fraction of sp³-hybridized carbons (Fsp3) is 0.333. The third kappa shape index (κ3) is 6.33. The molecule has 2 heterocycles. The Balaban J connectivity index is 1.20. The Morgan fingerprint density at radius 1 is 1.03 bits per heavy atom. The van der Waals surface area contributed by atoms with Gasteiger partial charge in [0.05, 0.1) is 17.7 Å². The highest BCUT2D eigenvalue weighted by Crippen LogP contribution is 2.18. The summed E-state index contributed by atoms with van der Waals surface area (Å²) in [6, 6.07) is 18.1. The maximum absolute atomic E-state index is 12.8. The van der Waals surface area contributed by atoms with Crippen LogP contribution in [-0.4, -0.2) is 53.6 Å². The quantitative estimate of drug-likeness (QED) is 0.518. The van der Waals surface area contributed by atoms with Gasteiger partial charge in [0, 0.05) is 32.7 Å². The van der Waals surface area contributed by atoms with Crippen LogP contribution < -0.4 is 4.74 Å². The number of aromatic nitrogens is 1. The summed E-state index contributed by atoms with van der Waals surface area (Å²) in [6.45, 7) is 8.47. The standard InChI is InChI=1S/C27H31N3O3/c1-21-26(22(2)33-28-21)20-32-25-12-10-24(11-13-25)19-27(31)30-17-15-29(16-18-30)14-6-9-23-7-4-3-5-8-23/h3-13H,14-20H2,1-2H3. The highest BCUT2D eigenvalue weighted by molar-refractivity contribution is 5.79. The normalized spacial score (nSPS) is 14.7. The predicted molar refractivity (Wildman–Crippen MR) is 129 cm³/mol. The highest BCUT2D eigenvalue weighted by atomic mass is 16.5. The first-order chi connectivity index (χ1) is 16.1. The second-order valence-electron chi connectivity index (χ2n) is 8.41. The van der Waals surface area contributed by atoms with Gasteiger partial charge in [-0.15, -0.1) is 0 Å². The summed E-state index contributed by atoms with van der Waals surface area (Å²) in [4.78, 5) is 17.1. The second-order valence-corrected chi connectivity index (χ2v) is 8.41. The molecule has 1 fully saturated rings. The van der Waals surface area contributed by atoms with Crippen LogP contribution in [0.25, 0.3) is 6.08 Å². The van der Waals surface area contributed by atoms with E-state index in [4.69, 9.17) is 9.26 Å². The molecule has 0 radical (unpaired) electrons. The Kier molecular flexibility index (Phi) is 7.58. The zero-order chi connectivity index (χ0) is 23.0. The van der Waals surface area contributed by atoms with E-state index in [0.29, 0.717) is 13.0 Å². The number of hydrogen-bond acceptors (Lipinski definition) is 5. The van der Waals surface area contributed by atoms with Crippen molar-refractivity contribution in [3.05, 3.63) is 88.8 Å². The van der Waals surface area contributed by atoms with Crippen LogP contribution in [0.2, 0.25) is 0 Å². The molecule has 1 aromatic heterocycles. The molecule has 0 unspecified atom stereocenters. The van der Waals surface area contributed by atoms with Crippen LogP contribution in [0.3, 0.4) is 0 Å². The molecule has 0 aliphatic carbocycles. The molecule has 33 heavy (non-hydrogen) atoms. The number of ether oxygens (including phenoxy) is 1. The molecule has 0 atom stereocenters. The van der Waals surface area contributed by atoms with E-state index in [1.165, 1.54) is 5.56 Å². The third-order valence-corrected chi connectivity index (χ3v) is 6.04. The molecule has 0 saturated carbocycles. The van der Waals surface area contributed by atoms with Crippen LogP contribution in [0.4, 0.5) is 0 Å². The summed E-state index contributed by atoms with van der Waals surface area (Å²) in [5.74, 6) is 1.73. The monoisotopic (exact) mass is 445 g/mol. The molecule has 172 valence electrons. The first-order valence-electron chi connectivity index (χ1n) is 11.4. The van der Waals surface area contributed by atoms with Crippen molar-refractivity contribution in [3.63, 3.8) is 0 Å². The fourth-order valence-corrected chi connectivity index (χ4v) is 3.94. The van der Waals surface area contributed by atoms with Crippen LogP contribution in [0, 0.1) is 13.8 Å². The first kappa shape index (κ1) is 22.8. The van der Waals surface area contributed by atoms with Gasteiger partial charge in [0.2, 0.25) is 5.91 Å². The van der Waals surface area contributed by atoms with Crippen LogP contribution in [0.1, 0.15) is 28.1 Å². The molecule has 6 heteroatoms. The van der Waals surface area contributed by atoms with Gasteiger partial charge in [-0.2, -0.15) is 0 Å². The van der Waals surface area contributed by atoms with Crippen molar-refractivity contribution >= 4 is 12.0 Å². The Labute approximate surface area is 195 Å². The van der Waals surface area contributed by atoms with Gasteiger partial charge in [-0.3, -0.25) is 9.69 Å². The largest absolute Gasteiger partial charge is 0.489 e. The molecule has 0 bridgehead atoms.